The quantitative estimate of drug-likeness (QED) is 0.927. The fraction of sp³-hybridized carbons (Fsp3) is 0.600. The van der Waals surface area contributed by atoms with Gasteiger partial charge in [0.15, 0.2) is 0 Å². The van der Waals surface area contributed by atoms with Crippen molar-refractivity contribution in [3.8, 4) is 0 Å². The first-order valence-electron chi connectivity index (χ1n) is 7.22. The topological polar surface area (TPSA) is 57.6 Å². The zero-order valence-corrected chi connectivity index (χ0v) is 13.3. The van der Waals surface area contributed by atoms with Crippen LogP contribution in [0.3, 0.4) is 0 Å². The van der Waals surface area contributed by atoms with Crippen molar-refractivity contribution in [2.75, 3.05) is 19.7 Å². The Hall–Kier alpha value is -0.980. The van der Waals surface area contributed by atoms with Gasteiger partial charge in [0.1, 0.15) is 10.7 Å². The number of sulfonamides is 1. The second-order valence-electron chi connectivity index (χ2n) is 5.85. The van der Waals surface area contributed by atoms with E-state index >= 15 is 0 Å². The Balaban J connectivity index is 2.22. The summed E-state index contributed by atoms with van der Waals surface area (Å²) in [7, 11) is -3.80. The van der Waals surface area contributed by atoms with Crippen molar-refractivity contribution >= 4 is 10.0 Å². The van der Waals surface area contributed by atoms with Crippen LogP contribution in [0.2, 0.25) is 0 Å². The Labute approximate surface area is 125 Å². The summed E-state index contributed by atoms with van der Waals surface area (Å²) in [4.78, 5) is -0.263. The van der Waals surface area contributed by atoms with Gasteiger partial charge in [-0.25, -0.2) is 12.8 Å². The second kappa shape index (κ2) is 6.02. The molecule has 0 atom stereocenters. The summed E-state index contributed by atoms with van der Waals surface area (Å²) in [5.41, 5.74) is 0.494. The number of nitrogens with zero attached hydrogens (tertiary/aromatic N) is 1. The lowest BCUT2D eigenvalue weighted by atomic mass is 9.77. The molecule has 1 heterocycles. The summed E-state index contributed by atoms with van der Waals surface area (Å²) in [6, 6.07) is 4.17. The molecule has 118 valence electrons. The number of hydrogen-bond acceptors (Lipinski definition) is 3. The molecule has 0 aliphatic carbocycles. The molecular weight excluding hydrogens is 293 g/mol. The standard InChI is InChI=1S/C15H22FNO3S/c1-3-15(11-18)6-8-17(9-7-15)21(19,20)14-5-4-12(2)10-13(14)16/h4-5,10,18H,3,6-9,11H2,1-2H3. The average molecular weight is 315 g/mol. The van der Waals surface area contributed by atoms with Crippen LogP contribution in [0.25, 0.3) is 0 Å². The summed E-state index contributed by atoms with van der Waals surface area (Å²) >= 11 is 0. The van der Waals surface area contributed by atoms with Crippen LogP contribution < -0.4 is 0 Å². The third-order valence-corrected chi connectivity index (χ3v) is 6.51. The van der Waals surface area contributed by atoms with Gasteiger partial charge in [0, 0.05) is 19.7 Å². The molecule has 4 nitrogen and oxygen atoms in total. The summed E-state index contributed by atoms with van der Waals surface area (Å²) in [6.45, 7) is 4.43. The van der Waals surface area contributed by atoms with Crippen molar-refractivity contribution in [3.63, 3.8) is 0 Å². The fourth-order valence-corrected chi connectivity index (χ4v) is 4.27. The molecule has 1 aliphatic rings. The van der Waals surface area contributed by atoms with E-state index in [1.54, 1.807) is 13.0 Å². The molecule has 0 radical (unpaired) electrons. The van der Waals surface area contributed by atoms with Crippen LogP contribution in [0.15, 0.2) is 23.1 Å². The van der Waals surface area contributed by atoms with Gasteiger partial charge < -0.3 is 5.11 Å². The molecule has 1 saturated heterocycles. The molecule has 0 aromatic heterocycles. The molecule has 0 unspecified atom stereocenters. The Morgan fingerprint density at radius 2 is 1.95 bits per heavy atom. The SMILES string of the molecule is CCC1(CO)CCN(S(=O)(=O)c2ccc(C)cc2F)CC1. The molecule has 1 aromatic rings. The molecule has 1 N–H and O–H groups in total. The molecule has 1 aromatic carbocycles. The minimum atomic E-state index is -3.80. The third kappa shape index (κ3) is 3.12. The van der Waals surface area contributed by atoms with Gasteiger partial charge in [-0.1, -0.05) is 13.0 Å². The first kappa shape index (κ1) is 16.4. The Bertz CT molecular complexity index is 601. The smallest absolute Gasteiger partial charge is 0.245 e. The van der Waals surface area contributed by atoms with Crippen LogP contribution in [-0.2, 0) is 10.0 Å². The van der Waals surface area contributed by atoms with E-state index < -0.39 is 15.8 Å². The number of aliphatic hydroxyl groups is 1. The van der Waals surface area contributed by atoms with E-state index in [2.05, 4.69) is 0 Å². The van der Waals surface area contributed by atoms with Crippen molar-refractivity contribution in [2.45, 2.75) is 38.0 Å². The van der Waals surface area contributed by atoms with Crippen LogP contribution >= 0.6 is 0 Å². The lowest BCUT2D eigenvalue weighted by Gasteiger charge is -2.39. The molecular formula is C15H22FNO3S. The predicted molar refractivity (Wildman–Crippen MR) is 78.9 cm³/mol. The largest absolute Gasteiger partial charge is 0.396 e. The van der Waals surface area contributed by atoms with Crippen LogP contribution in [0.5, 0.6) is 0 Å². The molecule has 2 rings (SSSR count). The first-order valence-corrected chi connectivity index (χ1v) is 8.66. The van der Waals surface area contributed by atoms with Crippen LogP contribution in [0.4, 0.5) is 4.39 Å². The predicted octanol–water partition coefficient (Wildman–Crippen LogP) is 2.31. The van der Waals surface area contributed by atoms with Crippen LogP contribution in [0.1, 0.15) is 31.7 Å². The third-order valence-electron chi connectivity index (χ3n) is 4.57. The summed E-state index contributed by atoms with van der Waals surface area (Å²) in [5.74, 6) is -0.704. The number of aryl methyl sites for hydroxylation is 1. The Morgan fingerprint density at radius 1 is 1.33 bits per heavy atom. The van der Waals surface area contributed by atoms with Gasteiger partial charge in [-0.3, -0.25) is 0 Å². The van der Waals surface area contributed by atoms with Gasteiger partial charge in [0.25, 0.3) is 0 Å². The molecule has 1 fully saturated rings. The van der Waals surface area contributed by atoms with E-state index in [0.717, 1.165) is 6.42 Å². The first-order chi connectivity index (χ1) is 9.84. The molecule has 21 heavy (non-hydrogen) atoms. The fourth-order valence-electron chi connectivity index (χ4n) is 2.78. The molecule has 0 saturated carbocycles. The number of benzene rings is 1. The number of aliphatic hydroxyl groups excluding tert-OH is 1. The lowest BCUT2D eigenvalue weighted by Crippen LogP contribution is -2.44. The number of rotatable bonds is 4. The molecule has 0 amide bonds. The van der Waals surface area contributed by atoms with E-state index in [1.807, 2.05) is 6.92 Å². The summed E-state index contributed by atoms with van der Waals surface area (Å²) in [5, 5.41) is 9.49. The zero-order chi connectivity index (χ0) is 15.7. The van der Waals surface area contributed by atoms with E-state index in [-0.39, 0.29) is 16.9 Å². The minimum absolute atomic E-state index is 0.0658. The van der Waals surface area contributed by atoms with Gasteiger partial charge in [-0.05, 0) is 49.3 Å². The van der Waals surface area contributed by atoms with E-state index in [1.165, 1.54) is 16.4 Å². The Morgan fingerprint density at radius 3 is 2.43 bits per heavy atom. The second-order valence-corrected chi connectivity index (χ2v) is 7.76. The summed E-state index contributed by atoms with van der Waals surface area (Å²) in [6.07, 6.45) is 2.02. The molecule has 6 heteroatoms. The monoisotopic (exact) mass is 315 g/mol. The van der Waals surface area contributed by atoms with Crippen molar-refractivity contribution in [2.24, 2.45) is 5.41 Å². The van der Waals surface area contributed by atoms with Gasteiger partial charge in [0.2, 0.25) is 10.0 Å². The highest BCUT2D eigenvalue weighted by Crippen LogP contribution is 2.36. The molecule has 0 bridgehead atoms. The highest BCUT2D eigenvalue weighted by Gasteiger charge is 2.37. The van der Waals surface area contributed by atoms with Crippen LogP contribution in [-0.4, -0.2) is 37.5 Å². The van der Waals surface area contributed by atoms with Crippen molar-refractivity contribution in [1.29, 1.82) is 0 Å². The maximum absolute atomic E-state index is 13.9. The van der Waals surface area contributed by atoms with Crippen molar-refractivity contribution < 1.29 is 17.9 Å². The number of piperidine rings is 1. The lowest BCUT2D eigenvalue weighted by molar-refractivity contribution is 0.0647. The normalized spacial score (nSPS) is 19.6. The van der Waals surface area contributed by atoms with Gasteiger partial charge in [-0.15, -0.1) is 0 Å². The highest BCUT2D eigenvalue weighted by atomic mass is 32.2. The van der Waals surface area contributed by atoms with Gasteiger partial charge in [-0.2, -0.15) is 4.31 Å². The van der Waals surface area contributed by atoms with Crippen molar-refractivity contribution in [1.82, 2.24) is 4.31 Å². The maximum atomic E-state index is 13.9. The Kier molecular flexibility index (Phi) is 4.70. The van der Waals surface area contributed by atoms with E-state index in [9.17, 15) is 17.9 Å². The van der Waals surface area contributed by atoms with Gasteiger partial charge >= 0.3 is 0 Å². The van der Waals surface area contributed by atoms with E-state index in [4.69, 9.17) is 0 Å². The summed E-state index contributed by atoms with van der Waals surface area (Å²) < 4.78 is 40.3. The van der Waals surface area contributed by atoms with Gasteiger partial charge in [0.05, 0.1) is 0 Å². The van der Waals surface area contributed by atoms with E-state index in [0.29, 0.717) is 31.5 Å². The average Bonchev–Trinajstić information content (AvgIpc) is 2.47. The minimum Gasteiger partial charge on any atom is -0.396 e. The van der Waals surface area contributed by atoms with Crippen LogP contribution in [0, 0.1) is 18.2 Å². The number of hydrogen-bond donors (Lipinski definition) is 1. The zero-order valence-electron chi connectivity index (χ0n) is 12.5. The highest BCUT2D eigenvalue weighted by molar-refractivity contribution is 7.89. The van der Waals surface area contributed by atoms with Crippen molar-refractivity contribution in [3.05, 3.63) is 29.6 Å². The number of halogens is 1. The molecule has 1 aliphatic heterocycles. The molecule has 0 spiro atoms. The maximum Gasteiger partial charge on any atom is 0.245 e.